The first-order chi connectivity index (χ1) is 9.54. The van der Waals surface area contributed by atoms with Gasteiger partial charge in [0, 0.05) is 36.6 Å². The summed E-state index contributed by atoms with van der Waals surface area (Å²) in [5, 5.41) is 2.88. The van der Waals surface area contributed by atoms with E-state index in [0.29, 0.717) is 25.0 Å². The molecule has 0 spiro atoms. The number of nitrogens with one attached hydrogen (secondary N) is 2. The van der Waals surface area contributed by atoms with E-state index in [0.717, 1.165) is 22.4 Å². The van der Waals surface area contributed by atoms with Gasteiger partial charge in [-0.3, -0.25) is 4.79 Å². The van der Waals surface area contributed by atoms with Crippen molar-refractivity contribution in [1.82, 2.24) is 25.2 Å². The second kappa shape index (κ2) is 6.81. The number of aryl methyl sites for hydroxylation is 1. The zero-order valence-corrected chi connectivity index (χ0v) is 13.2. The summed E-state index contributed by atoms with van der Waals surface area (Å²) in [7, 11) is 3.96. The molecule has 0 aliphatic carbocycles. The number of hydrogen-bond acceptors (Lipinski definition) is 4. The third-order valence-corrected chi connectivity index (χ3v) is 3.26. The monoisotopic (exact) mass is 339 g/mol. The van der Waals surface area contributed by atoms with Gasteiger partial charge in [-0.1, -0.05) is 0 Å². The molecule has 0 atom stereocenters. The van der Waals surface area contributed by atoms with Gasteiger partial charge in [0.05, 0.1) is 5.52 Å². The van der Waals surface area contributed by atoms with E-state index >= 15 is 0 Å². The number of fused-ring (bicyclic) bond motifs is 1. The molecule has 6 nitrogen and oxygen atoms in total. The summed E-state index contributed by atoms with van der Waals surface area (Å²) in [6.45, 7) is 1.51. The van der Waals surface area contributed by atoms with Gasteiger partial charge in [0.25, 0.3) is 0 Å². The first-order valence-electron chi connectivity index (χ1n) is 6.46. The van der Waals surface area contributed by atoms with Crippen molar-refractivity contribution in [2.24, 2.45) is 0 Å². The Bertz CT molecular complexity index is 595. The molecule has 0 saturated heterocycles. The van der Waals surface area contributed by atoms with E-state index in [2.05, 4.69) is 36.2 Å². The molecule has 0 aromatic carbocycles. The van der Waals surface area contributed by atoms with Crippen LogP contribution in [0.25, 0.3) is 11.2 Å². The molecule has 0 aliphatic heterocycles. The van der Waals surface area contributed by atoms with E-state index in [4.69, 9.17) is 0 Å². The van der Waals surface area contributed by atoms with Crippen molar-refractivity contribution in [2.45, 2.75) is 12.8 Å². The number of halogens is 1. The first kappa shape index (κ1) is 14.9. The van der Waals surface area contributed by atoms with Crippen LogP contribution in [0.5, 0.6) is 0 Å². The predicted molar refractivity (Wildman–Crippen MR) is 81.5 cm³/mol. The average molecular weight is 340 g/mol. The Balaban J connectivity index is 1.84. The van der Waals surface area contributed by atoms with Crippen molar-refractivity contribution in [1.29, 1.82) is 0 Å². The van der Waals surface area contributed by atoms with Gasteiger partial charge in [-0.25, -0.2) is 9.97 Å². The van der Waals surface area contributed by atoms with Gasteiger partial charge in [-0.2, -0.15) is 0 Å². The standard InChI is InChI=1S/C13H18BrN5O/c1-19(2)6-5-15-12(20)4-3-11-17-10-7-9(14)8-16-13(10)18-11/h7-8H,3-6H2,1-2H3,(H,15,20)(H,16,17,18). The SMILES string of the molecule is CN(C)CCNC(=O)CCc1nc2ncc(Br)cc2[nH]1. The van der Waals surface area contributed by atoms with Crippen LogP contribution in [0.3, 0.4) is 0 Å². The zero-order valence-electron chi connectivity index (χ0n) is 11.6. The Morgan fingerprint density at radius 1 is 1.50 bits per heavy atom. The maximum Gasteiger partial charge on any atom is 0.220 e. The van der Waals surface area contributed by atoms with Crippen molar-refractivity contribution >= 4 is 33.0 Å². The highest BCUT2D eigenvalue weighted by Gasteiger charge is 2.07. The molecule has 0 unspecified atom stereocenters. The highest BCUT2D eigenvalue weighted by molar-refractivity contribution is 9.10. The van der Waals surface area contributed by atoms with Gasteiger partial charge in [0.2, 0.25) is 5.91 Å². The minimum Gasteiger partial charge on any atom is -0.355 e. The molecule has 1 amide bonds. The van der Waals surface area contributed by atoms with Crippen LogP contribution in [0.1, 0.15) is 12.2 Å². The van der Waals surface area contributed by atoms with Gasteiger partial charge < -0.3 is 15.2 Å². The number of amides is 1. The van der Waals surface area contributed by atoms with Crippen molar-refractivity contribution in [2.75, 3.05) is 27.2 Å². The molecule has 0 bridgehead atoms. The molecular formula is C13H18BrN5O. The molecule has 0 aliphatic rings. The van der Waals surface area contributed by atoms with Crippen LogP contribution in [0.4, 0.5) is 0 Å². The number of hydrogen-bond donors (Lipinski definition) is 2. The number of likely N-dealkylation sites (N-methyl/N-ethyl adjacent to an activating group) is 1. The highest BCUT2D eigenvalue weighted by atomic mass is 79.9. The van der Waals surface area contributed by atoms with E-state index in [-0.39, 0.29) is 5.91 Å². The van der Waals surface area contributed by atoms with Crippen molar-refractivity contribution < 1.29 is 4.79 Å². The second-order valence-corrected chi connectivity index (χ2v) is 5.78. The van der Waals surface area contributed by atoms with E-state index in [1.165, 1.54) is 0 Å². The number of carbonyl (C=O) groups is 1. The highest BCUT2D eigenvalue weighted by Crippen LogP contribution is 2.15. The quantitative estimate of drug-likeness (QED) is 0.832. The first-order valence-corrected chi connectivity index (χ1v) is 7.25. The summed E-state index contributed by atoms with van der Waals surface area (Å²) in [4.78, 5) is 25.4. The summed E-state index contributed by atoms with van der Waals surface area (Å²) in [5.41, 5.74) is 1.55. The third kappa shape index (κ3) is 4.28. The molecule has 2 aromatic rings. The maximum atomic E-state index is 11.7. The van der Waals surface area contributed by atoms with Gasteiger partial charge >= 0.3 is 0 Å². The Kier molecular flexibility index (Phi) is 5.08. The molecule has 2 rings (SSSR count). The fraction of sp³-hybridized carbons (Fsp3) is 0.462. The van der Waals surface area contributed by atoms with Crippen LogP contribution in [0.2, 0.25) is 0 Å². The van der Waals surface area contributed by atoms with Gasteiger partial charge in [0.1, 0.15) is 5.82 Å². The van der Waals surface area contributed by atoms with Crippen molar-refractivity contribution in [3.8, 4) is 0 Å². The van der Waals surface area contributed by atoms with Crippen LogP contribution < -0.4 is 5.32 Å². The lowest BCUT2D eigenvalue weighted by molar-refractivity contribution is -0.121. The Hall–Kier alpha value is -1.47. The fourth-order valence-electron chi connectivity index (χ4n) is 1.78. The van der Waals surface area contributed by atoms with E-state index in [1.54, 1.807) is 6.20 Å². The molecule has 2 aromatic heterocycles. The Morgan fingerprint density at radius 2 is 2.30 bits per heavy atom. The fourth-order valence-corrected chi connectivity index (χ4v) is 2.11. The van der Waals surface area contributed by atoms with E-state index < -0.39 is 0 Å². The van der Waals surface area contributed by atoms with Gasteiger partial charge in [0.15, 0.2) is 5.65 Å². The van der Waals surface area contributed by atoms with Gasteiger partial charge in [-0.05, 0) is 36.1 Å². The number of carbonyl (C=O) groups excluding carboxylic acids is 1. The number of nitrogens with zero attached hydrogens (tertiary/aromatic N) is 3. The minimum absolute atomic E-state index is 0.0430. The molecule has 2 heterocycles. The summed E-state index contributed by atoms with van der Waals surface area (Å²) < 4.78 is 0.904. The molecule has 20 heavy (non-hydrogen) atoms. The summed E-state index contributed by atoms with van der Waals surface area (Å²) in [6.07, 6.45) is 2.72. The third-order valence-electron chi connectivity index (χ3n) is 2.82. The van der Waals surface area contributed by atoms with E-state index in [9.17, 15) is 4.79 Å². The Labute approximate surface area is 126 Å². The normalized spacial score (nSPS) is 11.2. The van der Waals surface area contributed by atoms with E-state index in [1.807, 2.05) is 25.1 Å². The van der Waals surface area contributed by atoms with Gasteiger partial charge in [-0.15, -0.1) is 0 Å². The molecule has 0 fully saturated rings. The minimum atomic E-state index is 0.0430. The largest absolute Gasteiger partial charge is 0.355 e. The molecule has 108 valence electrons. The smallest absolute Gasteiger partial charge is 0.220 e. The lowest BCUT2D eigenvalue weighted by Gasteiger charge is -2.09. The molecule has 7 heteroatoms. The molecule has 0 saturated carbocycles. The summed E-state index contributed by atoms with van der Waals surface area (Å²) in [5.74, 6) is 0.829. The number of H-pyrrole nitrogens is 1. The average Bonchev–Trinajstić information content (AvgIpc) is 2.77. The number of aromatic nitrogens is 3. The maximum absolute atomic E-state index is 11.7. The number of pyridine rings is 1. The lowest BCUT2D eigenvalue weighted by atomic mass is 10.3. The topological polar surface area (TPSA) is 73.9 Å². The molecular weight excluding hydrogens is 322 g/mol. The second-order valence-electron chi connectivity index (χ2n) is 4.86. The predicted octanol–water partition coefficient (Wildman–Crippen LogP) is 1.33. The molecule has 0 radical (unpaired) electrons. The van der Waals surface area contributed by atoms with Crippen LogP contribution in [0, 0.1) is 0 Å². The zero-order chi connectivity index (χ0) is 14.5. The van der Waals surface area contributed by atoms with Crippen LogP contribution >= 0.6 is 15.9 Å². The summed E-state index contributed by atoms with van der Waals surface area (Å²) in [6, 6.07) is 1.93. The number of imidazole rings is 1. The van der Waals surface area contributed by atoms with Crippen molar-refractivity contribution in [3.63, 3.8) is 0 Å². The molecule has 2 N–H and O–H groups in total. The van der Waals surface area contributed by atoms with Crippen LogP contribution in [-0.4, -0.2) is 52.9 Å². The Morgan fingerprint density at radius 3 is 3.05 bits per heavy atom. The lowest BCUT2D eigenvalue weighted by Crippen LogP contribution is -2.31. The summed E-state index contributed by atoms with van der Waals surface area (Å²) >= 11 is 3.37. The number of rotatable bonds is 6. The van der Waals surface area contributed by atoms with Crippen LogP contribution in [0.15, 0.2) is 16.7 Å². The van der Waals surface area contributed by atoms with Crippen molar-refractivity contribution in [3.05, 3.63) is 22.6 Å². The number of aromatic amines is 1. The van der Waals surface area contributed by atoms with Crippen LogP contribution in [-0.2, 0) is 11.2 Å².